The van der Waals surface area contributed by atoms with Crippen molar-refractivity contribution in [2.45, 2.75) is 19.8 Å². The highest BCUT2D eigenvalue weighted by Gasteiger charge is 2.41. The second-order valence-corrected chi connectivity index (χ2v) is 10.3. The number of rotatable bonds is 9. The standard InChI is InChI=1S/C25H26O3Si/c1-21(25(26)27)13-11-12-20-28-29(22-14-5-2-6-15-22,23-16-7-3-8-17-23)24-18-9-4-10-19-24/h2-10,13-19H,11-12,20H2,1H3,(H,26,27). The van der Waals surface area contributed by atoms with Crippen LogP contribution in [0.3, 0.4) is 0 Å². The largest absolute Gasteiger partial charge is 0.478 e. The molecule has 0 amide bonds. The van der Waals surface area contributed by atoms with Crippen LogP contribution >= 0.6 is 0 Å². The van der Waals surface area contributed by atoms with Gasteiger partial charge in [-0.25, -0.2) is 4.79 Å². The Labute approximate surface area is 173 Å². The lowest BCUT2D eigenvalue weighted by Gasteiger charge is -2.33. The van der Waals surface area contributed by atoms with E-state index in [0.717, 1.165) is 6.42 Å². The van der Waals surface area contributed by atoms with Crippen LogP contribution in [-0.2, 0) is 9.22 Å². The molecule has 0 fully saturated rings. The molecule has 3 aromatic rings. The van der Waals surface area contributed by atoms with Crippen LogP contribution in [0.4, 0.5) is 0 Å². The summed E-state index contributed by atoms with van der Waals surface area (Å²) >= 11 is 0. The Hall–Kier alpha value is -2.95. The molecule has 0 aromatic heterocycles. The van der Waals surface area contributed by atoms with Gasteiger partial charge in [0.05, 0.1) is 0 Å². The van der Waals surface area contributed by atoms with Gasteiger partial charge in [-0.1, -0.05) is 97.1 Å². The number of aliphatic carboxylic acids is 1. The van der Waals surface area contributed by atoms with Crippen molar-refractivity contribution in [3.63, 3.8) is 0 Å². The number of carboxylic acids is 1. The molecule has 4 heteroatoms. The monoisotopic (exact) mass is 402 g/mol. The van der Waals surface area contributed by atoms with E-state index < -0.39 is 14.3 Å². The number of hydrogen-bond acceptors (Lipinski definition) is 2. The maximum Gasteiger partial charge on any atom is 0.330 e. The molecule has 148 valence electrons. The number of hydrogen-bond donors (Lipinski definition) is 1. The molecule has 0 atom stereocenters. The minimum Gasteiger partial charge on any atom is -0.478 e. The number of benzene rings is 3. The molecule has 0 heterocycles. The van der Waals surface area contributed by atoms with Gasteiger partial charge in [-0.15, -0.1) is 0 Å². The highest BCUT2D eigenvalue weighted by Crippen LogP contribution is 2.11. The zero-order valence-corrected chi connectivity index (χ0v) is 17.6. The molecule has 0 radical (unpaired) electrons. The summed E-state index contributed by atoms with van der Waals surface area (Å²) in [5.41, 5.74) is 0.377. The molecule has 0 unspecified atom stereocenters. The number of carbonyl (C=O) groups is 1. The van der Waals surface area contributed by atoms with Crippen molar-refractivity contribution in [1.82, 2.24) is 0 Å². The van der Waals surface area contributed by atoms with Crippen LogP contribution in [0.5, 0.6) is 0 Å². The van der Waals surface area contributed by atoms with E-state index in [0.29, 0.717) is 18.6 Å². The van der Waals surface area contributed by atoms with Gasteiger partial charge < -0.3 is 9.53 Å². The third-order valence-corrected chi connectivity index (χ3v) is 9.07. The van der Waals surface area contributed by atoms with Gasteiger partial charge in [-0.3, -0.25) is 0 Å². The molecule has 1 N–H and O–H groups in total. The topological polar surface area (TPSA) is 46.5 Å². The SMILES string of the molecule is CC(=CCCCO[Si](c1ccccc1)(c1ccccc1)c1ccccc1)C(=O)O. The first-order chi connectivity index (χ1) is 14.1. The van der Waals surface area contributed by atoms with Crippen molar-refractivity contribution in [3.8, 4) is 0 Å². The Bertz CT molecular complexity index is 841. The summed E-state index contributed by atoms with van der Waals surface area (Å²) in [5, 5.41) is 12.6. The highest BCUT2D eigenvalue weighted by atomic mass is 28.4. The predicted molar refractivity (Wildman–Crippen MR) is 121 cm³/mol. The summed E-state index contributed by atoms with van der Waals surface area (Å²) in [5.74, 6) is -0.868. The Morgan fingerprint density at radius 1 is 0.828 bits per heavy atom. The molecule has 0 saturated carbocycles. The first kappa shape index (κ1) is 20.8. The lowest BCUT2D eigenvalue weighted by atomic mass is 10.2. The minimum atomic E-state index is -2.66. The normalized spacial score (nSPS) is 12.0. The molecule has 29 heavy (non-hydrogen) atoms. The summed E-state index contributed by atoms with van der Waals surface area (Å²) in [6.45, 7) is 2.19. The number of allylic oxidation sites excluding steroid dienone is 1. The fourth-order valence-electron chi connectivity index (χ4n) is 3.48. The van der Waals surface area contributed by atoms with Crippen LogP contribution in [0.15, 0.2) is 103 Å². The fraction of sp³-hybridized carbons (Fsp3) is 0.160. The molecule has 0 spiro atoms. The second-order valence-electron chi connectivity index (χ2n) is 6.96. The molecule has 3 aromatic carbocycles. The van der Waals surface area contributed by atoms with Crippen molar-refractivity contribution in [2.75, 3.05) is 6.61 Å². The second kappa shape index (κ2) is 10.0. The number of carboxylic acid groups (broad SMARTS) is 1. The molecule has 0 bridgehead atoms. The van der Waals surface area contributed by atoms with E-state index in [9.17, 15) is 4.79 Å². The minimum absolute atomic E-state index is 0.377. The molecular formula is C25H26O3Si. The highest BCUT2D eigenvalue weighted by molar-refractivity contribution is 7.07. The van der Waals surface area contributed by atoms with Crippen molar-refractivity contribution in [2.24, 2.45) is 0 Å². The smallest absolute Gasteiger partial charge is 0.330 e. The lowest BCUT2D eigenvalue weighted by molar-refractivity contribution is -0.132. The average molecular weight is 403 g/mol. The predicted octanol–water partition coefficient (Wildman–Crippen LogP) is 3.48. The molecule has 3 rings (SSSR count). The van der Waals surface area contributed by atoms with Gasteiger partial charge in [0.15, 0.2) is 0 Å². The van der Waals surface area contributed by atoms with E-state index in [1.165, 1.54) is 15.6 Å². The average Bonchev–Trinajstić information content (AvgIpc) is 2.78. The van der Waals surface area contributed by atoms with Crippen molar-refractivity contribution in [1.29, 1.82) is 0 Å². The molecule has 0 saturated heterocycles. The Morgan fingerprint density at radius 3 is 1.62 bits per heavy atom. The van der Waals surface area contributed by atoms with Gasteiger partial charge >= 0.3 is 5.97 Å². The fourth-order valence-corrected chi connectivity index (χ4v) is 7.42. The Balaban J connectivity index is 1.97. The van der Waals surface area contributed by atoms with Crippen LogP contribution in [-0.4, -0.2) is 26.0 Å². The van der Waals surface area contributed by atoms with E-state index in [2.05, 4.69) is 72.8 Å². The van der Waals surface area contributed by atoms with Crippen LogP contribution in [0.25, 0.3) is 0 Å². The van der Waals surface area contributed by atoms with Gasteiger partial charge in [0.25, 0.3) is 8.32 Å². The van der Waals surface area contributed by atoms with E-state index in [4.69, 9.17) is 9.53 Å². The lowest BCUT2D eigenvalue weighted by Crippen LogP contribution is -2.69. The quantitative estimate of drug-likeness (QED) is 0.258. The third kappa shape index (κ3) is 4.91. The zero-order valence-electron chi connectivity index (χ0n) is 16.6. The molecule has 0 aliphatic carbocycles. The summed E-state index contributed by atoms with van der Waals surface area (Å²) in [4.78, 5) is 11.0. The summed E-state index contributed by atoms with van der Waals surface area (Å²) in [6.07, 6.45) is 3.22. The van der Waals surface area contributed by atoms with Crippen LogP contribution in [0, 0.1) is 0 Å². The summed E-state index contributed by atoms with van der Waals surface area (Å²) in [6, 6.07) is 31.4. The Morgan fingerprint density at radius 2 is 1.24 bits per heavy atom. The van der Waals surface area contributed by atoms with E-state index >= 15 is 0 Å². The summed E-state index contributed by atoms with van der Waals surface area (Å²) < 4.78 is 6.79. The van der Waals surface area contributed by atoms with Crippen molar-refractivity contribution >= 4 is 29.8 Å². The number of unbranched alkanes of at least 4 members (excludes halogenated alkanes) is 1. The summed E-state index contributed by atoms with van der Waals surface area (Å²) in [7, 11) is -2.66. The Kier molecular flexibility index (Phi) is 7.17. The first-order valence-corrected chi connectivity index (χ1v) is 11.8. The molecular weight excluding hydrogens is 376 g/mol. The van der Waals surface area contributed by atoms with Gasteiger partial charge in [0.1, 0.15) is 0 Å². The van der Waals surface area contributed by atoms with E-state index in [1.807, 2.05) is 18.2 Å². The zero-order chi connectivity index (χ0) is 20.5. The van der Waals surface area contributed by atoms with Crippen LogP contribution < -0.4 is 15.6 Å². The third-order valence-electron chi connectivity index (χ3n) is 5.00. The van der Waals surface area contributed by atoms with Crippen LogP contribution in [0.2, 0.25) is 0 Å². The van der Waals surface area contributed by atoms with Gasteiger partial charge in [-0.05, 0) is 35.3 Å². The molecule has 3 nitrogen and oxygen atoms in total. The van der Waals surface area contributed by atoms with Gasteiger partial charge in [0.2, 0.25) is 0 Å². The van der Waals surface area contributed by atoms with Crippen molar-refractivity contribution < 1.29 is 14.3 Å². The van der Waals surface area contributed by atoms with Gasteiger partial charge in [-0.2, -0.15) is 0 Å². The maximum atomic E-state index is 11.0. The van der Waals surface area contributed by atoms with Crippen molar-refractivity contribution in [3.05, 3.63) is 103 Å². The van der Waals surface area contributed by atoms with Gasteiger partial charge in [0, 0.05) is 12.2 Å². The van der Waals surface area contributed by atoms with E-state index in [1.54, 1.807) is 13.0 Å². The molecule has 0 aliphatic heterocycles. The first-order valence-electron chi connectivity index (χ1n) is 9.85. The maximum absolute atomic E-state index is 11.0. The molecule has 0 aliphatic rings. The van der Waals surface area contributed by atoms with E-state index in [-0.39, 0.29) is 0 Å². The van der Waals surface area contributed by atoms with Crippen LogP contribution in [0.1, 0.15) is 19.8 Å².